The molecule has 6 nitrogen and oxygen atoms in total. The fourth-order valence-corrected chi connectivity index (χ4v) is 10.4. The second-order valence-electron chi connectivity index (χ2n) is 17.2. The Morgan fingerprint density at radius 1 is 0.371 bits per heavy atom. The van der Waals surface area contributed by atoms with Crippen molar-refractivity contribution in [1.82, 2.24) is 0 Å². The number of anilines is 6. The third kappa shape index (κ3) is 6.24. The number of rotatable bonds is 4. The predicted octanol–water partition coefficient (Wildman–Crippen LogP) is 8.24. The van der Waals surface area contributed by atoms with E-state index in [1.165, 1.54) is 0 Å². The van der Waals surface area contributed by atoms with Gasteiger partial charge in [0.1, 0.15) is 12.1 Å². The number of nitriles is 4. The van der Waals surface area contributed by atoms with Crippen molar-refractivity contribution in [3.8, 4) is 24.3 Å². The van der Waals surface area contributed by atoms with Crippen LogP contribution in [-0.4, -0.2) is 13.4 Å². The Labute approximate surface area is 365 Å². The van der Waals surface area contributed by atoms with Gasteiger partial charge in [-0.2, -0.15) is 21.0 Å². The summed E-state index contributed by atoms with van der Waals surface area (Å²) >= 11 is 0. The van der Waals surface area contributed by atoms with Gasteiger partial charge < -0.3 is 9.80 Å². The molecule has 2 heterocycles. The van der Waals surface area contributed by atoms with Crippen molar-refractivity contribution in [2.45, 2.75) is 55.4 Å². The van der Waals surface area contributed by atoms with Gasteiger partial charge in [-0.05, 0) is 132 Å². The largest absolute Gasteiger partial charge is 0.310 e. The molecule has 0 atom stereocenters. The minimum atomic E-state index is -0.358. The van der Waals surface area contributed by atoms with E-state index in [9.17, 15) is 21.0 Å². The zero-order valence-electron chi connectivity index (χ0n) is 36.2. The number of hydrogen-bond acceptors (Lipinski definition) is 6. The quantitative estimate of drug-likeness (QED) is 0.167. The Kier molecular flexibility index (Phi) is 9.63. The maximum absolute atomic E-state index is 11.0. The lowest BCUT2D eigenvalue weighted by atomic mass is 9.30. The van der Waals surface area contributed by atoms with Crippen LogP contribution >= 0.6 is 0 Å². The molecule has 0 unspecified atom stereocenters. The van der Waals surface area contributed by atoms with Gasteiger partial charge in [-0.3, -0.25) is 0 Å². The summed E-state index contributed by atoms with van der Waals surface area (Å²) in [5.41, 5.74) is 21.8. The van der Waals surface area contributed by atoms with Crippen LogP contribution in [0.4, 0.5) is 34.1 Å². The van der Waals surface area contributed by atoms with Gasteiger partial charge in [-0.25, -0.2) is 0 Å². The van der Waals surface area contributed by atoms with Gasteiger partial charge in [0.05, 0.1) is 45.8 Å². The molecule has 0 fully saturated rings. The van der Waals surface area contributed by atoms with E-state index in [0.717, 1.165) is 111 Å². The molecule has 0 saturated heterocycles. The first-order valence-corrected chi connectivity index (χ1v) is 20.9. The van der Waals surface area contributed by atoms with E-state index in [0.29, 0.717) is 22.3 Å². The number of fused-ring (bicyclic) bond motifs is 4. The van der Waals surface area contributed by atoms with E-state index in [4.69, 9.17) is 0 Å². The molecule has 2 aliphatic rings. The van der Waals surface area contributed by atoms with Crippen LogP contribution < -0.4 is 42.6 Å². The molecule has 62 heavy (non-hydrogen) atoms. The van der Waals surface area contributed by atoms with Crippen LogP contribution in [0.2, 0.25) is 0 Å². The standard InChI is InChI=1S/C54H42B2N6/c1-31-9-13-43(14-10-31)61-49-26-50-46(25-45(49)55(51-35(5)17-33(3)18-36(51)6)47-23-39(27-57)21-41(29-59)53(47)61)56(52-37(7)19-34(4)20-38(52)8)48-24-40(28-58)22-42(30-60)54(48)62(50)44-15-11-32(2)12-16-44/h9-26H,1-8H3. The molecule has 8 heteroatoms. The van der Waals surface area contributed by atoms with Crippen molar-refractivity contribution in [3.05, 3.63) is 176 Å². The minimum Gasteiger partial charge on any atom is -0.310 e. The van der Waals surface area contributed by atoms with E-state index < -0.39 is 0 Å². The Hall–Kier alpha value is -7.77. The zero-order chi connectivity index (χ0) is 43.7. The third-order valence-corrected chi connectivity index (χ3v) is 12.8. The van der Waals surface area contributed by atoms with Crippen molar-refractivity contribution >= 4 is 80.3 Å². The highest BCUT2D eigenvalue weighted by Gasteiger charge is 2.44. The monoisotopic (exact) mass is 796 g/mol. The lowest BCUT2D eigenvalue weighted by Gasteiger charge is -2.43. The average Bonchev–Trinajstić information content (AvgIpc) is 3.25. The Morgan fingerprint density at radius 3 is 1.05 bits per heavy atom. The minimum absolute atomic E-state index is 0.358. The number of benzene rings is 7. The van der Waals surface area contributed by atoms with Crippen LogP contribution in [0.15, 0.2) is 109 Å². The first kappa shape index (κ1) is 39.7. The highest BCUT2D eigenvalue weighted by Crippen LogP contribution is 2.44. The van der Waals surface area contributed by atoms with Crippen molar-refractivity contribution in [2.75, 3.05) is 9.80 Å². The summed E-state index contributed by atoms with van der Waals surface area (Å²) in [6.07, 6.45) is 0. The van der Waals surface area contributed by atoms with Crippen LogP contribution in [-0.2, 0) is 0 Å². The molecule has 0 saturated carbocycles. The summed E-state index contributed by atoms with van der Waals surface area (Å²) in [6, 6.07) is 47.3. The van der Waals surface area contributed by atoms with Crippen LogP contribution in [0.1, 0.15) is 66.8 Å². The lowest BCUT2D eigenvalue weighted by molar-refractivity contribution is 1.24. The molecule has 0 aromatic heterocycles. The summed E-state index contributed by atoms with van der Waals surface area (Å²) in [6.45, 7) is 16.3. The van der Waals surface area contributed by atoms with Gasteiger partial charge in [-0.1, -0.05) is 110 Å². The molecule has 294 valence electrons. The lowest BCUT2D eigenvalue weighted by Crippen LogP contribution is -2.63. The highest BCUT2D eigenvalue weighted by molar-refractivity contribution is 7.01. The van der Waals surface area contributed by atoms with Crippen molar-refractivity contribution < 1.29 is 0 Å². The van der Waals surface area contributed by atoms with Gasteiger partial charge in [0.25, 0.3) is 0 Å². The van der Waals surface area contributed by atoms with Crippen LogP contribution in [0.3, 0.4) is 0 Å². The molecular weight excluding hydrogens is 754 g/mol. The fraction of sp³-hybridized carbons (Fsp3) is 0.148. The molecular formula is C54H42B2N6. The molecule has 0 spiro atoms. The molecule has 0 N–H and O–H groups in total. The van der Waals surface area contributed by atoms with E-state index in [-0.39, 0.29) is 13.4 Å². The summed E-state index contributed by atoms with van der Waals surface area (Å²) < 4.78 is 0. The maximum atomic E-state index is 11.0. The number of nitrogens with zero attached hydrogens (tertiary/aromatic N) is 6. The van der Waals surface area contributed by atoms with E-state index >= 15 is 0 Å². The molecule has 0 amide bonds. The van der Waals surface area contributed by atoms with Crippen molar-refractivity contribution in [2.24, 2.45) is 0 Å². The summed E-state index contributed by atoms with van der Waals surface area (Å²) in [5.74, 6) is 0. The highest BCUT2D eigenvalue weighted by atomic mass is 15.2. The fourth-order valence-electron chi connectivity index (χ4n) is 10.4. The smallest absolute Gasteiger partial charge is 0.247 e. The molecule has 0 bridgehead atoms. The zero-order valence-corrected chi connectivity index (χ0v) is 36.2. The van der Waals surface area contributed by atoms with E-state index in [2.05, 4.69) is 174 Å². The summed E-state index contributed by atoms with van der Waals surface area (Å²) in [7, 11) is 0. The first-order valence-electron chi connectivity index (χ1n) is 20.9. The SMILES string of the molecule is Cc1ccc(N2c3cc4c(cc3B(c3c(C)cc(C)cc3C)c3cc(C#N)cc(C#N)c32)B(c2c(C)cc(C)cc2C)c2cc(C#N)cc(C#N)c2N4c2ccc(C)cc2)cc1. The molecule has 9 rings (SSSR count). The molecule has 0 aliphatic carbocycles. The van der Waals surface area contributed by atoms with Crippen molar-refractivity contribution in [1.29, 1.82) is 21.0 Å². The van der Waals surface area contributed by atoms with Gasteiger partial charge in [0, 0.05) is 22.7 Å². The maximum Gasteiger partial charge on any atom is 0.247 e. The molecule has 7 aromatic rings. The Balaban J connectivity index is 1.51. The van der Waals surface area contributed by atoms with Gasteiger partial charge in [-0.15, -0.1) is 0 Å². The predicted molar refractivity (Wildman–Crippen MR) is 255 cm³/mol. The van der Waals surface area contributed by atoms with E-state index in [1.54, 1.807) is 12.1 Å². The van der Waals surface area contributed by atoms with Gasteiger partial charge in [0.2, 0.25) is 13.4 Å². The third-order valence-electron chi connectivity index (χ3n) is 12.8. The second kappa shape index (κ2) is 15.0. The van der Waals surface area contributed by atoms with Crippen LogP contribution in [0.5, 0.6) is 0 Å². The van der Waals surface area contributed by atoms with Crippen LogP contribution in [0.25, 0.3) is 0 Å². The first-order chi connectivity index (χ1) is 29.8. The van der Waals surface area contributed by atoms with Gasteiger partial charge in [0.15, 0.2) is 0 Å². The Morgan fingerprint density at radius 2 is 0.726 bits per heavy atom. The molecule has 0 radical (unpaired) electrons. The Bertz CT molecular complexity index is 2970. The summed E-state index contributed by atoms with van der Waals surface area (Å²) in [5, 5.41) is 42.9. The van der Waals surface area contributed by atoms with Crippen LogP contribution in [0, 0.1) is 101 Å². The second-order valence-corrected chi connectivity index (χ2v) is 17.2. The topological polar surface area (TPSA) is 102 Å². The van der Waals surface area contributed by atoms with E-state index in [1.807, 2.05) is 12.1 Å². The summed E-state index contributed by atoms with van der Waals surface area (Å²) in [4.78, 5) is 4.40. The molecule has 7 aromatic carbocycles. The number of hydrogen-bond donors (Lipinski definition) is 0. The van der Waals surface area contributed by atoms with Gasteiger partial charge >= 0.3 is 0 Å². The number of aryl methyl sites for hydroxylation is 8. The normalized spacial score (nSPS) is 12.3. The van der Waals surface area contributed by atoms with Crippen molar-refractivity contribution in [3.63, 3.8) is 0 Å². The average molecular weight is 797 g/mol. The molecule has 2 aliphatic heterocycles.